The number of fused-ring (bicyclic) bond motifs is 2. The van der Waals surface area contributed by atoms with Crippen LogP contribution in [0.2, 0.25) is 5.02 Å². The number of carbonyl (C=O) groups excluding carboxylic acids is 1. The maximum Gasteiger partial charge on any atom is 0.256 e. The Kier molecular flexibility index (Phi) is 4.94. The summed E-state index contributed by atoms with van der Waals surface area (Å²) >= 11 is 10.4. The number of amides is 1. The Balaban J connectivity index is 1.60. The van der Waals surface area contributed by atoms with E-state index in [0.717, 1.165) is 26.9 Å². The second-order valence-corrected chi connectivity index (χ2v) is 9.15. The number of aryl methyl sites for hydroxylation is 3. The normalized spacial score (nSPS) is 13.8. The van der Waals surface area contributed by atoms with Gasteiger partial charge in [-0.1, -0.05) is 32.7 Å². The molecule has 0 aliphatic carbocycles. The average Bonchev–Trinajstić information content (AvgIpc) is 3.36. The average molecular weight is 517 g/mol. The largest absolute Gasteiger partial charge is 0.334 e. The van der Waals surface area contributed by atoms with Crippen LogP contribution in [0.15, 0.2) is 21.5 Å². The number of hydrogen-bond donors (Lipinski definition) is 2. The summed E-state index contributed by atoms with van der Waals surface area (Å²) in [4.78, 5) is 30.8. The highest BCUT2D eigenvalue weighted by atomic mass is 79.9. The predicted molar refractivity (Wildman–Crippen MR) is 124 cm³/mol. The molecule has 0 unspecified atom stereocenters. The molecule has 164 valence electrons. The van der Waals surface area contributed by atoms with E-state index in [9.17, 15) is 9.59 Å². The van der Waals surface area contributed by atoms with Crippen molar-refractivity contribution in [3.63, 3.8) is 0 Å². The van der Waals surface area contributed by atoms with Crippen molar-refractivity contribution in [1.29, 1.82) is 0 Å². The van der Waals surface area contributed by atoms with E-state index in [1.54, 1.807) is 22.8 Å². The molecule has 0 saturated carbocycles. The van der Waals surface area contributed by atoms with Crippen LogP contribution in [0, 0.1) is 13.8 Å². The molecule has 0 saturated heterocycles. The second-order valence-electron chi connectivity index (χ2n) is 7.91. The van der Waals surface area contributed by atoms with Crippen molar-refractivity contribution in [2.45, 2.75) is 26.8 Å². The molecule has 4 heterocycles. The van der Waals surface area contributed by atoms with E-state index in [0.29, 0.717) is 45.8 Å². The minimum Gasteiger partial charge on any atom is -0.334 e. The van der Waals surface area contributed by atoms with Gasteiger partial charge in [0.25, 0.3) is 11.5 Å². The lowest BCUT2D eigenvalue weighted by Crippen LogP contribution is -2.39. The van der Waals surface area contributed by atoms with Gasteiger partial charge >= 0.3 is 0 Å². The summed E-state index contributed by atoms with van der Waals surface area (Å²) in [7, 11) is 1.78. The Morgan fingerprint density at radius 3 is 2.78 bits per heavy atom. The van der Waals surface area contributed by atoms with E-state index in [4.69, 9.17) is 11.6 Å². The van der Waals surface area contributed by atoms with Crippen molar-refractivity contribution >= 4 is 44.3 Å². The quantitative estimate of drug-likeness (QED) is 0.434. The van der Waals surface area contributed by atoms with Gasteiger partial charge in [0.2, 0.25) is 0 Å². The fourth-order valence-corrected chi connectivity index (χ4v) is 5.33. The fraction of sp³-hybridized carbons (Fsp3) is 0.286. The lowest BCUT2D eigenvalue weighted by Gasteiger charge is -2.30. The van der Waals surface area contributed by atoms with Gasteiger partial charge in [0, 0.05) is 40.3 Å². The molecule has 0 spiro atoms. The first-order valence-corrected chi connectivity index (χ1v) is 11.2. The molecular weight excluding hydrogens is 498 g/mol. The van der Waals surface area contributed by atoms with Crippen molar-refractivity contribution < 1.29 is 4.79 Å². The maximum atomic E-state index is 13.6. The molecule has 0 bridgehead atoms. The molecule has 1 aromatic carbocycles. The minimum absolute atomic E-state index is 0.161. The van der Waals surface area contributed by atoms with Gasteiger partial charge in [0.15, 0.2) is 0 Å². The first-order valence-electron chi connectivity index (χ1n) is 9.99. The van der Waals surface area contributed by atoms with Gasteiger partial charge in [0.1, 0.15) is 0 Å². The van der Waals surface area contributed by atoms with Crippen LogP contribution in [0.25, 0.3) is 22.2 Å². The van der Waals surface area contributed by atoms with Crippen LogP contribution in [0.5, 0.6) is 0 Å². The molecule has 1 aliphatic rings. The van der Waals surface area contributed by atoms with Gasteiger partial charge in [-0.15, -0.1) is 5.10 Å². The second kappa shape index (κ2) is 7.56. The van der Waals surface area contributed by atoms with Crippen molar-refractivity contribution in [3.05, 3.63) is 60.2 Å². The fourth-order valence-electron chi connectivity index (χ4n) is 4.37. The van der Waals surface area contributed by atoms with E-state index in [2.05, 4.69) is 41.4 Å². The van der Waals surface area contributed by atoms with Crippen molar-refractivity contribution in [2.75, 3.05) is 6.54 Å². The molecule has 32 heavy (non-hydrogen) atoms. The number of halogens is 2. The number of pyridine rings is 1. The van der Waals surface area contributed by atoms with Crippen molar-refractivity contribution in [3.8, 4) is 11.3 Å². The molecule has 1 aliphatic heterocycles. The van der Waals surface area contributed by atoms with Crippen LogP contribution in [-0.2, 0) is 20.0 Å². The van der Waals surface area contributed by atoms with Crippen molar-refractivity contribution in [2.24, 2.45) is 7.05 Å². The standard InChI is InChI=1S/C21H19BrClN7O2/c1-9-18-13(7-24-27-18)14(20(31)25-9)8-30-5-4-11-15(22)6-12(17(23)16(11)21(30)32)19-10(2)26-28-29(19)3/h6-7H,4-5,8H2,1-3H3,(H,24,27)(H,25,31). The van der Waals surface area contributed by atoms with Gasteiger partial charge < -0.3 is 9.88 Å². The van der Waals surface area contributed by atoms with E-state index >= 15 is 0 Å². The smallest absolute Gasteiger partial charge is 0.256 e. The van der Waals surface area contributed by atoms with E-state index < -0.39 is 0 Å². The molecule has 0 fully saturated rings. The molecule has 2 N–H and O–H groups in total. The Morgan fingerprint density at radius 2 is 2.06 bits per heavy atom. The number of nitrogens with zero attached hydrogens (tertiary/aromatic N) is 5. The van der Waals surface area contributed by atoms with Crippen LogP contribution in [0.1, 0.15) is 32.9 Å². The number of nitrogens with one attached hydrogen (secondary N) is 2. The molecule has 3 aromatic heterocycles. The van der Waals surface area contributed by atoms with E-state index in [1.165, 1.54) is 0 Å². The summed E-state index contributed by atoms with van der Waals surface area (Å²) in [5.74, 6) is -0.219. The summed E-state index contributed by atoms with van der Waals surface area (Å²) < 4.78 is 2.45. The first-order chi connectivity index (χ1) is 15.3. The highest BCUT2D eigenvalue weighted by Gasteiger charge is 2.32. The Bertz CT molecular complexity index is 1450. The van der Waals surface area contributed by atoms with Crippen LogP contribution >= 0.6 is 27.5 Å². The zero-order valence-corrected chi connectivity index (χ0v) is 19.9. The highest BCUT2D eigenvalue weighted by Crippen LogP contribution is 2.40. The molecule has 5 rings (SSSR count). The third-order valence-electron chi connectivity index (χ3n) is 5.96. The van der Waals surface area contributed by atoms with Crippen molar-refractivity contribution in [1.82, 2.24) is 35.1 Å². The molecule has 9 nitrogen and oxygen atoms in total. The van der Waals surface area contributed by atoms with Gasteiger partial charge in [-0.25, -0.2) is 4.68 Å². The molecule has 0 radical (unpaired) electrons. The summed E-state index contributed by atoms with van der Waals surface area (Å²) in [6.07, 6.45) is 2.23. The number of H-pyrrole nitrogens is 2. The monoisotopic (exact) mass is 515 g/mol. The predicted octanol–water partition coefficient (Wildman–Crippen LogP) is 3.28. The van der Waals surface area contributed by atoms with Gasteiger partial charge in [-0.2, -0.15) is 5.10 Å². The van der Waals surface area contributed by atoms with E-state index in [-0.39, 0.29) is 18.0 Å². The third kappa shape index (κ3) is 3.08. The Morgan fingerprint density at radius 1 is 1.28 bits per heavy atom. The number of aromatic nitrogens is 6. The lowest BCUT2D eigenvalue weighted by atomic mass is 9.94. The summed E-state index contributed by atoms with van der Waals surface area (Å²) in [6.45, 7) is 4.29. The van der Waals surface area contributed by atoms with E-state index in [1.807, 2.05) is 19.9 Å². The summed E-state index contributed by atoms with van der Waals surface area (Å²) in [5, 5.41) is 16.2. The lowest BCUT2D eigenvalue weighted by molar-refractivity contribution is 0.0727. The van der Waals surface area contributed by atoms with Crippen LogP contribution < -0.4 is 5.56 Å². The molecule has 1 amide bonds. The highest BCUT2D eigenvalue weighted by molar-refractivity contribution is 9.10. The van der Waals surface area contributed by atoms with Crippen LogP contribution in [0.3, 0.4) is 0 Å². The number of rotatable bonds is 3. The number of hydrogen-bond acceptors (Lipinski definition) is 5. The summed E-state index contributed by atoms with van der Waals surface area (Å²) in [6, 6.07) is 1.91. The molecule has 0 atom stereocenters. The number of benzene rings is 1. The molecule has 11 heteroatoms. The van der Waals surface area contributed by atoms with Gasteiger partial charge in [0.05, 0.1) is 40.2 Å². The zero-order valence-electron chi connectivity index (χ0n) is 17.6. The number of aromatic amines is 2. The zero-order chi connectivity index (χ0) is 22.7. The Labute approximate surface area is 195 Å². The first kappa shape index (κ1) is 20.9. The minimum atomic E-state index is -0.229. The van der Waals surface area contributed by atoms with Gasteiger partial charge in [-0.3, -0.25) is 14.7 Å². The summed E-state index contributed by atoms with van der Waals surface area (Å²) in [5.41, 5.74) is 5.18. The molecular formula is C21H19BrClN7O2. The number of carbonyl (C=O) groups is 1. The third-order valence-corrected chi connectivity index (χ3v) is 7.06. The maximum absolute atomic E-state index is 13.6. The SMILES string of the molecule is Cc1nnn(C)c1-c1cc(Br)c2c(c1Cl)C(=O)N(Cc1c(=O)[nH]c(C)c3[nH]ncc13)CC2. The topological polar surface area (TPSA) is 113 Å². The Hall–Kier alpha value is -2.98. The van der Waals surface area contributed by atoms with Crippen LogP contribution in [0.4, 0.5) is 0 Å². The van der Waals surface area contributed by atoms with Crippen LogP contribution in [-0.4, -0.2) is 47.5 Å². The molecule has 4 aromatic rings. The van der Waals surface area contributed by atoms with Gasteiger partial charge in [-0.05, 0) is 31.9 Å².